The Morgan fingerprint density at radius 3 is 2.95 bits per heavy atom. The fraction of sp³-hybridized carbons (Fsp3) is 0.692. The van der Waals surface area contributed by atoms with Crippen molar-refractivity contribution in [2.75, 3.05) is 19.8 Å². The van der Waals surface area contributed by atoms with Crippen LogP contribution in [0.1, 0.15) is 24.8 Å². The molecule has 1 aromatic rings. The van der Waals surface area contributed by atoms with Crippen molar-refractivity contribution in [2.24, 2.45) is 5.92 Å². The maximum atomic E-state index is 11.2. The Morgan fingerprint density at radius 2 is 2.37 bits per heavy atom. The first-order chi connectivity index (χ1) is 9.11. The number of carbonyl (C=O) groups is 1. The summed E-state index contributed by atoms with van der Waals surface area (Å²) in [6.07, 6.45) is 0.958. The number of carboxylic acid groups (broad SMARTS) is 1. The van der Waals surface area contributed by atoms with Crippen LogP contribution in [-0.4, -0.2) is 46.9 Å². The SMILES string of the molecule is CCCN(Cc1cc(C)on1)C1COCC1C(=O)O. The molecule has 1 aliphatic heterocycles. The van der Waals surface area contributed by atoms with Crippen molar-refractivity contribution < 1.29 is 19.2 Å². The van der Waals surface area contributed by atoms with Gasteiger partial charge in [-0.2, -0.15) is 0 Å². The molecule has 0 aliphatic carbocycles. The maximum absolute atomic E-state index is 11.2. The van der Waals surface area contributed by atoms with Crippen LogP contribution >= 0.6 is 0 Å². The summed E-state index contributed by atoms with van der Waals surface area (Å²) < 4.78 is 10.4. The lowest BCUT2D eigenvalue weighted by Gasteiger charge is -2.29. The Labute approximate surface area is 112 Å². The minimum atomic E-state index is -0.792. The summed E-state index contributed by atoms with van der Waals surface area (Å²) in [6.45, 7) is 6.10. The highest BCUT2D eigenvalue weighted by Gasteiger charge is 2.37. The number of aromatic nitrogens is 1. The number of rotatable bonds is 6. The molecule has 0 amide bonds. The number of hydrogen-bond donors (Lipinski definition) is 1. The van der Waals surface area contributed by atoms with E-state index in [0.29, 0.717) is 13.2 Å². The average molecular weight is 268 g/mol. The van der Waals surface area contributed by atoms with Crippen molar-refractivity contribution in [3.63, 3.8) is 0 Å². The Morgan fingerprint density at radius 1 is 1.58 bits per heavy atom. The zero-order valence-corrected chi connectivity index (χ0v) is 11.3. The Hall–Kier alpha value is -1.40. The molecule has 2 atom stereocenters. The number of ether oxygens (including phenoxy) is 1. The van der Waals surface area contributed by atoms with Gasteiger partial charge in [0, 0.05) is 18.7 Å². The summed E-state index contributed by atoms with van der Waals surface area (Å²) in [5, 5.41) is 13.2. The third-order valence-corrected chi connectivity index (χ3v) is 3.39. The first-order valence-corrected chi connectivity index (χ1v) is 6.58. The normalized spacial score (nSPS) is 23.1. The van der Waals surface area contributed by atoms with Gasteiger partial charge in [0.05, 0.1) is 24.8 Å². The molecule has 2 heterocycles. The molecule has 2 unspecified atom stereocenters. The van der Waals surface area contributed by atoms with Crippen LogP contribution in [0.15, 0.2) is 10.6 Å². The van der Waals surface area contributed by atoms with Gasteiger partial charge in [-0.05, 0) is 19.9 Å². The largest absolute Gasteiger partial charge is 0.481 e. The van der Waals surface area contributed by atoms with E-state index in [4.69, 9.17) is 9.26 Å². The van der Waals surface area contributed by atoms with Crippen LogP contribution in [0.25, 0.3) is 0 Å². The van der Waals surface area contributed by atoms with Crippen LogP contribution in [0, 0.1) is 12.8 Å². The van der Waals surface area contributed by atoms with Crippen LogP contribution in [0.2, 0.25) is 0 Å². The quantitative estimate of drug-likeness (QED) is 0.838. The Kier molecular flexibility index (Phi) is 4.55. The lowest BCUT2D eigenvalue weighted by Crippen LogP contribution is -2.43. The summed E-state index contributed by atoms with van der Waals surface area (Å²) >= 11 is 0. The van der Waals surface area contributed by atoms with Crippen molar-refractivity contribution in [1.29, 1.82) is 0 Å². The molecule has 106 valence electrons. The summed E-state index contributed by atoms with van der Waals surface area (Å²) in [6, 6.07) is 1.79. The van der Waals surface area contributed by atoms with Crippen LogP contribution in [0.3, 0.4) is 0 Å². The highest BCUT2D eigenvalue weighted by atomic mass is 16.5. The van der Waals surface area contributed by atoms with Crippen molar-refractivity contribution in [3.8, 4) is 0 Å². The summed E-state index contributed by atoms with van der Waals surface area (Å²) in [5.41, 5.74) is 0.835. The molecule has 0 aromatic carbocycles. The predicted octanol–water partition coefficient (Wildman–Crippen LogP) is 1.29. The molecular formula is C13H20N2O4. The van der Waals surface area contributed by atoms with Gasteiger partial charge in [-0.3, -0.25) is 9.69 Å². The molecule has 2 rings (SSSR count). The highest BCUT2D eigenvalue weighted by Crippen LogP contribution is 2.22. The smallest absolute Gasteiger partial charge is 0.310 e. The second kappa shape index (κ2) is 6.16. The number of hydrogen-bond acceptors (Lipinski definition) is 5. The number of aliphatic carboxylic acids is 1. The second-order valence-corrected chi connectivity index (χ2v) is 4.95. The standard InChI is InChI=1S/C13H20N2O4/c1-3-4-15(6-10-5-9(2)19-14-10)12-8-18-7-11(12)13(16)17/h5,11-12H,3-4,6-8H2,1-2H3,(H,16,17). The molecule has 0 spiro atoms. The minimum Gasteiger partial charge on any atom is -0.481 e. The molecule has 1 fully saturated rings. The molecule has 6 nitrogen and oxygen atoms in total. The van der Waals surface area contributed by atoms with Gasteiger partial charge in [0.2, 0.25) is 0 Å². The van der Waals surface area contributed by atoms with Gasteiger partial charge in [-0.15, -0.1) is 0 Å². The zero-order chi connectivity index (χ0) is 13.8. The van der Waals surface area contributed by atoms with E-state index in [2.05, 4.69) is 17.0 Å². The van der Waals surface area contributed by atoms with Crippen molar-refractivity contribution in [1.82, 2.24) is 10.1 Å². The Balaban J connectivity index is 2.08. The van der Waals surface area contributed by atoms with Gasteiger partial charge >= 0.3 is 5.97 Å². The maximum Gasteiger partial charge on any atom is 0.310 e. The summed E-state index contributed by atoms with van der Waals surface area (Å²) in [4.78, 5) is 13.4. The van der Waals surface area contributed by atoms with E-state index in [-0.39, 0.29) is 12.6 Å². The Bertz CT molecular complexity index is 432. The fourth-order valence-electron chi connectivity index (χ4n) is 2.49. The molecule has 0 saturated carbocycles. The highest BCUT2D eigenvalue weighted by molar-refractivity contribution is 5.71. The van der Waals surface area contributed by atoms with E-state index in [0.717, 1.165) is 24.4 Å². The number of nitrogens with zero attached hydrogens (tertiary/aromatic N) is 2. The zero-order valence-electron chi connectivity index (χ0n) is 11.3. The first-order valence-electron chi connectivity index (χ1n) is 6.58. The third kappa shape index (κ3) is 3.33. The van der Waals surface area contributed by atoms with E-state index < -0.39 is 11.9 Å². The molecule has 0 bridgehead atoms. The fourth-order valence-corrected chi connectivity index (χ4v) is 2.49. The monoisotopic (exact) mass is 268 g/mol. The van der Waals surface area contributed by atoms with E-state index >= 15 is 0 Å². The molecule has 19 heavy (non-hydrogen) atoms. The minimum absolute atomic E-state index is 0.0885. The van der Waals surface area contributed by atoms with Crippen LogP contribution in [0.4, 0.5) is 0 Å². The molecule has 0 radical (unpaired) electrons. The van der Waals surface area contributed by atoms with Crippen molar-refractivity contribution in [3.05, 3.63) is 17.5 Å². The van der Waals surface area contributed by atoms with Gasteiger partial charge < -0.3 is 14.4 Å². The third-order valence-electron chi connectivity index (χ3n) is 3.39. The van der Waals surface area contributed by atoms with Crippen LogP contribution < -0.4 is 0 Å². The number of carboxylic acids is 1. The summed E-state index contributed by atoms with van der Waals surface area (Å²) in [5.74, 6) is -0.483. The van der Waals surface area contributed by atoms with Gasteiger partial charge in [0.15, 0.2) is 0 Å². The lowest BCUT2D eigenvalue weighted by atomic mass is 10.0. The van der Waals surface area contributed by atoms with Gasteiger partial charge in [-0.1, -0.05) is 12.1 Å². The van der Waals surface area contributed by atoms with E-state index in [9.17, 15) is 9.90 Å². The molecule has 1 aliphatic rings. The number of aryl methyl sites for hydroxylation is 1. The average Bonchev–Trinajstić information content (AvgIpc) is 2.97. The van der Waals surface area contributed by atoms with Crippen LogP contribution in [0.5, 0.6) is 0 Å². The van der Waals surface area contributed by atoms with Gasteiger partial charge in [0.25, 0.3) is 0 Å². The first kappa shape index (κ1) is 14.0. The second-order valence-electron chi connectivity index (χ2n) is 4.95. The molecule has 6 heteroatoms. The van der Waals surface area contributed by atoms with E-state index in [1.807, 2.05) is 13.0 Å². The molecular weight excluding hydrogens is 248 g/mol. The summed E-state index contributed by atoms with van der Waals surface area (Å²) in [7, 11) is 0. The van der Waals surface area contributed by atoms with E-state index in [1.165, 1.54) is 0 Å². The van der Waals surface area contributed by atoms with Gasteiger partial charge in [0.1, 0.15) is 5.76 Å². The molecule has 1 N–H and O–H groups in total. The molecule has 1 aromatic heterocycles. The van der Waals surface area contributed by atoms with Crippen LogP contribution in [-0.2, 0) is 16.1 Å². The van der Waals surface area contributed by atoms with E-state index in [1.54, 1.807) is 0 Å². The topological polar surface area (TPSA) is 75.8 Å². The predicted molar refractivity (Wildman–Crippen MR) is 67.7 cm³/mol. The molecule has 1 saturated heterocycles. The van der Waals surface area contributed by atoms with Gasteiger partial charge in [-0.25, -0.2) is 0 Å². The van der Waals surface area contributed by atoms with Crippen molar-refractivity contribution in [2.45, 2.75) is 32.9 Å². The van der Waals surface area contributed by atoms with Crippen molar-refractivity contribution >= 4 is 5.97 Å². The lowest BCUT2D eigenvalue weighted by molar-refractivity contribution is -0.143.